The maximum absolute atomic E-state index is 12.5. The number of nitrogens with one attached hydrogen (secondary N) is 1. The van der Waals surface area contributed by atoms with Gasteiger partial charge in [0.25, 0.3) is 0 Å². The minimum atomic E-state index is -3.47. The molecule has 1 fully saturated rings. The molecule has 7 nitrogen and oxygen atoms in total. The van der Waals surface area contributed by atoms with Gasteiger partial charge in [0.15, 0.2) is 11.5 Å². The molecule has 2 heterocycles. The van der Waals surface area contributed by atoms with E-state index >= 15 is 0 Å². The van der Waals surface area contributed by atoms with E-state index in [1.807, 2.05) is 31.2 Å². The summed E-state index contributed by atoms with van der Waals surface area (Å²) in [6, 6.07) is 12.6. The van der Waals surface area contributed by atoms with Crippen molar-refractivity contribution >= 4 is 10.0 Å². The van der Waals surface area contributed by atoms with Crippen molar-refractivity contribution in [1.82, 2.24) is 9.62 Å². The Morgan fingerprint density at radius 2 is 2.00 bits per heavy atom. The van der Waals surface area contributed by atoms with Crippen LogP contribution in [0.15, 0.2) is 47.4 Å². The van der Waals surface area contributed by atoms with Gasteiger partial charge >= 0.3 is 0 Å². The highest BCUT2D eigenvalue weighted by molar-refractivity contribution is 7.89. The van der Waals surface area contributed by atoms with Crippen molar-refractivity contribution in [3.8, 4) is 17.2 Å². The first-order valence-corrected chi connectivity index (χ1v) is 11.8. The van der Waals surface area contributed by atoms with Gasteiger partial charge in [0, 0.05) is 19.6 Å². The highest BCUT2D eigenvalue weighted by Crippen LogP contribution is 2.38. The molecule has 2 aliphatic heterocycles. The van der Waals surface area contributed by atoms with Crippen LogP contribution in [0.2, 0.25) is 0 Å². The Bertz CT molecular complexity index is 979. The number of fused-ring (bicyclic) bond motifs is 1. The van der Waals surface area contributed by atoms with Crippen LogP contribution in [0.3, 0.4) is 0 Å². The Morgan fingerprint density at radius 1 is 1.17 bits per heavy atom. The van der Waals surface area contributed by atoms with Crippen molar-refractivity contribution in [3.05, 3.63) is 48.0 Å². The number of hydrogen-bond acceptors (Lipinski definition) is 6. The summed E-state index contributed by atoms with van der Waals surface area (Å²) < 4.78 is 44.9. The van der Waals surface area contributed by atoms with Crippen molar-refractivity contribution in [2.75, 3.05) is 46.0 Å². The Labute approximate surface area is 178 Å². The average Bonchev–Trinajstić information content (AvgIpc) is 3.20. The van der Waals surface area contributed by atoms with Gasteiger partial charge < -0.3 is 14.2 Å². The molecule has 30 heavy (non-hydrogen) atoms. The summed E-state index contributed by atoms with van der Waals surface area (Å²) in [5, 5.41) is 0. The molecular weight excluding hydrogens is 404 g/mol. The molecule has 2 aromatic rings. The summed E-state index contributed by atoms with van der Waals surface area (Å²) in [5.74, 6) is 2.40. The zero-order valence-corrected chi connectivity index (χ0v) is 18.0. The summed E-state index contributed by atoms with van der Waals surface area (Å²) in [5.41, 5.74) is 0.932. The highest BCUT2D eigenvalue weighted by Gasteiger charge is 2.25. The topological polar surface area (TPSA) is 77.1 Å². The van der Waals surface area contributed by atoms with E-state index in [9.17, 15) is 8.42 Å². The first-order valence-electron chi connectivity index (χ1n) is 10.3. The molecule has 2 aliphatic rings. The number of rotatable bonds is 8. The van der Waals surface area contributed by atoms with Crippen LogP contribution in [0.5, 0.6) is 17.2 Å². The van der Waals surface area contributed by atoms with Gasteiger partial charge in [0.2, 0.25) is 15.8 Å². The highest BCUT2D eigenvalue weighted by atomic mass is 32.2. The van der Waals surface area contributed by atoms with E-state index in [4.69, 9.17) is 14.2 Å². The Kier molecular flexibility index (Phi) is 6.46. The summed E-state index contributed by atoms with van der Waals surface area (Å²) in [6.45, 7) is 6.54. The monoisotopic (exact) mass is 432 g/mol. The van der Waals surface area contributed by atoms with Crippen LogP contribution in [0.25, 0.3) is 0 Å². The van der Waals surface area contributed by atoms with E-state index in [0.29, 0.717) is 48.7 Å². The third-order valence-electron chi connectivity index (χ3n) is 5.43. The number of aryl methyl sites for hydroxylation is 1. The van der Waals surface area contributed by atoms with Crippen LogP contribution in [0.1, 0.15) is 12.0 Å². The van der Waals surface area contributed by atoms with Crippen LogP contribution in [0, 0.1) is 12.8 Å². The molecule has 0 aliphatic carbocycles. The molecule has 0 spiro atoms. The number of para-hydroxylation sites is 1. The molecule has 8 heteroatoms. The molecule has 0 saturated carbocycles. The number of likely N-dealkylation sites (tertiary alicyclic amines) is 1. The molecule has 1 saturated heterocycles. The summed E-state index contributed by atoms with van der Waals surface area (Å²) in [7, 11) is -3.47. The SMILES string of the molecule is Cc1cccc(S(=O)(=O)NCC2CCN(CCOc3cccc4c3OCCO4)C2)c1. The van der Waals surface area contributed by atoms with E-state index in [1.165, 1.54) is 0 Å². The lowest BCUT2D eigenvalue weighted by molar-refractivity contribution is 0.158. The van der Waals surface area contributed by atoms with Gasteiger partial charge in [0.05, 0.1) is 4.90 Å². The standard InChI is InChI=1S/C22H28N2O5S/c1-17-4-2-5-19(14-17)30(25,26)23-15-18-8-9-24(16-18)10-11-27-20-6-3-7-21-22(20)29-13-12-28-21/h2-7,14,18,23H,8-13,15-16H2,1H3. The van der Waals surface area contributed by atoms with Gasteiger partial charge in [-0.2, -0.15) is 0 Å². The zero-order chi connectivity index (χ0) is 21.0. The lowest BCUT2D eigenvalue weighted by Crippen LogP contribution is -2.32. The predicted octanol–water partition coefficient (Wildman–Crippen LogP) is 2.45. The molecule has 162 valence electrons. The molecule has 0 amide bonds. The van der Waals surface area contributed by atoms with Crippen LogP contribution in [-0.4, -0.2) is 59.3 Å². The molecular formula is C22H28N2O5S. The van der Waals surface area contributed by atoms with Crippen LogP contribution in [-0.2, 0) is 10.0 Å². The largest absolute Gasteiger partial charge is 0.488 e. The number of sulfonamides is 1. The smallest absolute Gasteiger partial charge is 0.240 e. The summed E-state index contributed by atoms with van der Waals surface area (Å²) >= 11 is 0. The lowest BCUT2D eigenvalue weighted by atomic mass is 10.1. The molecule has 1 unspecified atom stereocenters. The predicted molar refractivity (Wildman–Crippen MR) is 114 cm³/mol. The number of hydrogen-bond donors (Lipinski definition) is 1. The van der Waals surface area contributed by atoms with Crippen LogP contribution >= 0.6 is 0 Å². The quantitative estimate of drug-likeness (QED) is 0.691. The number of nitrogens with zero attached hydrogens (tertiary/aromatic N) is 1. The molecule has 4 rings (SSSR count). The second kappa shape index (κ2) is 9.24. The van der Waals surface area contributed by atoms with Crippen LogP contribution < -0.4 is 18.9 Å². The van der Waals surface area contributed by atoms with E-state index in [1.54, 1.807) is 18.2 Å². The zero-order valence-electron chi connectivity index (χ0n) is 17.2. The second-order valence-electron chi connectivity index (χ2n) is 7.75. The fourth-order valence-corrected chi connectivity index (χ4v) is 5.04. The third-order valence-corrected chi connectivity index (χ3v) is 6.85. The molecule has 1 atom stereocenters. The van der Waals surface area contributed by atoms with Gasteiger partial charge in [-0.15, -0.1) is 0 Å². The minimum absolute atomic E-state index is 0.297. The van der Waals surface area contributed by atoms with Gasteiger partial charge in [0.1, 0.15) is 19.8 Å². The molecule has 2 aromatic carbocycles. The first kappa shape index (κ1) is 21.0. The Balaban J connectivity index is 1.23. The maximum atomic E-state index is 12.5. The summed E-state index contributed by atoms with van der Waals surface area (Å²) in [6.07, 6.45) is 0.966. The summed E-state index contributed by atoms with van der Waals surface area (Å²) in [4.78, 5) is 2.63. The average molecular weight is 433 g/mol. The number of ether oxygens (including phenoxy) is 3. The first-order chi connectivity index (χ1) is 14.5. The normalized spacial score (nSPS) is 19.0. The fraction of sp³-hybridized carbons (Fsp3) is 0.455. The molecule has 0 aromatic heterocycles. The molecule has 0 radical (unpaired) electrons. The van der Waals surface area contributed by atoms with Gasteiger partial charge in [-0.3, -0.25) is 4.90 Å². The molecule has 1 N–H and O–H groups in total. The van der Waals surface area contributed by atoms with Gasteiger partial charge in [-0.05, 0) is 55.6 Å². The van der Waals surface area contributed by atoms with Gasteiger partial charge in [-0.1, -0.05) is 18.2 Å². The van der Waals surface area contributed by atoms with Crippen molar-refractivity contribution in [2.24, 2.45) is 5.92 Å². The minimum Gasteiger partial charge on any atom is -0.488 e. The lowest BCUT2D eigenvalue weighted by Gasteiger charge is -2.22. The van der Waals surface area contributed by atoms with Crippen molar-refractivity contribution < 1.29 is 22.6 Å². The van der Waals surface area contributed by atoms with E-state index < -0.39 is 10.0 Å². The Morgan fingerprint density at radius 3 is 2.87 bits per heavy atom. The molecule has 0 bridgehead atoms. The van der Waals surface area contributed by atoms with E-state index in [-0.39, 0.29) is 0 Å². The van der Waals surface area contributed by atoms with Crippen molar-refractivity contribution in [2.45, 2.75) is 18.2 Å². The maximum Gasteiger partial charge on any atom is 0.240 e. The van der Waals surface area contributed by atoms with Gasteiger partial charge in [-0.25, -0.2) is 13.1 Å². The second-order valence-corrected chi connectivity index (χ2v) is 9.52. The van der Waals surface area contributed by atoms with Crippen molar-refractivity contribution in [1.29, 1.82) is 0 Å². The Hall–Kier alpha value is -2.29. The third kappa shape index (κ3) is 5.06. The van der Waals surface area contributed by atoms with E-state index in [2.05, 4.69) is 9.62 Å². The fourth-order valence-electron chi connectivity index (χ4n) is 3.82. The van der Waals surface area contributed by atoms with Crippen LogP contribution in [0.4, 0.5) is 0 Å². The number of benzene rings is 2. The van der Waals surface area contributed by atoms with Crippen molar-refractivity contribution in [3.63, 3.8) is 0 Å². The van der Waals surface area contributed by atoms with E-state index in [0.717, 1.165) is 37.4 Å².